The minimum atomic E-state index is -0.196. The highest BCUT2D eigenvalue weighted by molar-refractivity contribution is 7.99. The number of hydrogen-bond acceptors (Lipinski definition) is 5. The SMILES string of the molecule is CC(C)c1ncc(N)c(C(=O)NCC2CCSC2)n1. The Bertz CT molecular complexity index is 458. The highest BCUT2D eigenvalue weighted by Crippen LogP contribution is 2.22. The molecule has 0 radical (unpaired) electrons. The molecule has 0 aliphatic carbocycles. The zero-order valence-corrected chi connectivity index (χ0v) is 12.2. The number of nitrogen functional groups attached to an aromatic ring is 1. The molecule has 1 aromatic rings. The summed E-state index contributed by atoms with van der Waals surface area (Å²) in [5.41, 5.74) is 6.42. The molecule has 1 amide bonds. The number of carbonyl (C=O) groups is 1. The number of thioether (sulfide) groups is 1. The Kier molecular flexibility index (Phi) is 4.63. The van der Waals surface area contributed by atoms with E-state index >= 15 is 0 Å². The molecule has 19 heavy (non-hydrogen) atoms. The molecule has 1 atom stereocenters. The van der Waals surface area contributed by atoms with Crippen LogP contribution in [0.1, 0.15) is 42.5 Å². The summed E-state index contributed by atoms with van der Waals surface area (Å²) < 4.78 is 0. The minimum absolute atomic E-state index is 0.179. The first-order chi connectivity index (χ1) is 9.08. The summed E-state index contributed by atoms with van der Waals surface area (Å²) in [4.78, 5) is 20.5. The molecular formula is C13H20N4OS. The average molecular weight is 280 g/mol. The van der Waals surface area contributed by atoms with Crippen LogP contribution in [0, 0.1) is 5.92 Å². The van der Waals surface area contributed by atoms with Crippen molar-refractivity contribution < 1.29 is 4.79 Å². The fraction of sp³-hybridized carbons (Fsp3) is 0.615. The molecule has 6 heteroatoms. The second-order valence-corrected chi connectivity index (χ2v) is 6.28. The van der Waals surface area contributed by atoms with Crippen molar-refractivity contribution >= 4 is 23.4 Å². The second kappa shape index (κ2) is 6.23. The maximum atomic E-state index is 12.1. The van der Waals surface area contributed by atoms with E-state index in [4.69, 9.17) is 5.73 Å². The third kappa shape index (κ3) is 3.59. The Morgan fingerprint density at radius 2 is 2.42 bits per heavy atom. The summed E-state index contributed by atoms with van der Waals surface area (Å²) in [6, 6.07) is 0. The maximum absolute atomic E-state index is 12.1. The van der Waals surface area contributed by atoms with Crippen molar-refractivity contribution in [3.05, 3.63) is 17.7 Å². The molecule has 104 valence electrons. The predicted octanol–water partition coefficient (Wildman–Crippen LogP) is 1.67. The quantitative estimate of drug-likeness (QED) is 0.876. The number of nitrogens with one attached hydrogen (secondary N) is 1. The van der Waals surface area contributed by atoms with E-state index < -0.39 is 0 Å². The van der Waals surface area contributed by atoms with Crippen LogP contribution >= 0.6 is 11.8 Å². The van der Waals surface area contributed by atoms with Crippen molar-refractivity contribution in [1.29, 1.82) is 0 Å². The van der Waals surface area contributed by atoms with Gasteiger partial charge < -0.3 is 11.1 Å². The Labute approximate surface area is 117 Å². The Morgan fingerprint density at radius 3 is 3.05 bits per heavy atom. The van der Waals surface area contributed by atoms with Crippen molar-refractivity contribution in [3.63, 3.8) is 0 Å². The zero-order valence-electron chi connectivity index (χ0n) is 11.3. The maximum Gasteiger partial charge on any atom is 0.272 e. The van der Waals surface area contributed by atoms with E-state index in [1.807, 2.05) is 25.6 Å². The lowest BCUT2D eigenvalue weighted by Gasteiger charge is -2.12. The number of rotatable bonds is 4. The van der Waals surface area contributed by atoms with E-state index in [0.717, 1.165) is 5.75 Å². The van der Waals surface area contributed by atoms with E-state index in [-0.39, 0.29) is 11.8 Å². The van der Waals surface area contributed by atoms with Crippen LogP contribution in [0.3, 0.4) is 0 Å². The molecule has 1 aliphatic heterocycles. The summed E-state index contributed by atoms with van der Waals surface area (Å²) in [6.45, 7) is 4.68. The molecule has 1 aliphatic rings. The monoisotopic (exact) mass is 280 g/mol. The molecular weight excluding hydrogens is 260 g/mol. The van der Waals surface area contributed by atoms with Gasteiger partial charge in [-0.2, -0.15) is 11.8 Å². The molecule has 1 aromatic heterocycles. The third-order valence-electron chi connectivity index (χ3n) is 3.14. The van der Waals surface area contributed by atoms with Crippen LogP contribution in [0.2, 0.25) is 0 Å². The van der Waals surface area contributed by atoms with Gasteiger partial charge in [0.1, 0.15) is 5.82 Å². The Morgan fingerprint density at radius 1 is 1.63 bits per heavy atom. The molecule has 2 rings (SSSR count). The van der Waals surface area contributed by atoms with Crippen LogP contribution in [0.4, 0.5) is 5.69 Å². The summed E-state index contributed by atoms with van der Waals surface area (Å²) in [6.07, 6.45) is 2.68. The van der Waals surface area contributed by atoms with Crippen LogP contribution in [0.15, 0.2) is 6.20 Å². The zero-order chi connectivity index (χ0) is 13.8. The first-order valence-corrected chi connectivity index (χ1v) is 7.71. The fourth-order valence-corrected chi connectivity index (χ4v) is 3.21. The average Bonchev–Trinajstić information content (AvgIpc) is 2.89. The molecule has 5 nitrogen and oxygen atoms in total. The lowest BCUT2D eigenvalue weighted by Crippen LogP contribution is -2.31. The Hall–Kier alpha value is -1.30. The fourth-order valence-electron chi connectivity index (χ4n) is 1.93. The number of nitrogens with zero attached hydrogens (tertiary/aromatic N) is 2. The summed E-state index contributed by atoms with van der Waals surface area (Å²) in [5, 5.41) is 2.93. The number of amides is 1. The first-order valence-electron chi connectivity index (χ1n) is 6.56. The predicted molar refractivity (Wildman–Crippen MR) is 78.3 cm³/mol. The van der Waals surface area contributed by atoms with E-state index in [2.05, 4.69) is 15.3 Å². The number of nitrogens with two attached hydrogens (primary N) is 1. The van der Waals surface area contributed by atoms with Crippen LogP contribution in [-0.2, 0) is 0 Å². The standard InChI is InChI=1S/C13H20N4OS/c1-8(2)12-15-6-10(14)11(17-12)13(18)16-5-9-3-4-19-7-9/h6,8-9H,3-5,7,14H2,1-2H3,(H,16,18). The number of anilines is 1. The van der Waals surface area contributed by atoms with E-state index in [1.165, 1.54) is 18.4 Å². The van der Waals surface area contributed by atoms with Gasteiger partial charge in [0.25, 0.3) is 5.91 Å². The van der Waals surface area contributed by atoms with Crippen LogP contribution in [-0.4, -0.2) is 33.9 Å². The van der Waals surface area contributed by atoms with Crippen molar-refractivity contribution in [3.8, 4) is 0 Å². The van der Waals surface area contributed by atoms with Crippen LogP contribution in [0.25, 0.3) is 0 Å². The molecule has 2 heterocycles. The highest BCUT2D eigenvalue weighted by Gasteiger charge is 2.19. The van der Waals surface area contributed by atoms with Crippen molar-refractivity contribution in [2.75, 3.05) is 23.8 Å². The molecule has 0 spiro atoms. The van der Waals surface area contributed by atoms with Crippen LogP contribution in [0.5, 0.6) is 0 Å². The first kappa shape index (κ1) is 14.1. The van der Waals surface area contributed by atoms with Gasteiger partial charge in [0.2, 0.25) is 0 Å². The Balaban J connectivity index is 2.02. The van der Waals surface area contributed by atoms with E-state index in [1.54, 1.807) is 0 Å². The van der Waals surface area contributed by atoms with Gasteiger partial charge in [-0.15, -0.1) is 0 Å². The van der Waals surface area contributed by atoms with Gasteiger partial charge >= 0.3 is 0 Å². The summed E-state index contributed by atoms with van der Waals surface area (Å²) in [5.74, 6) is 3.51. The number of aromatic nitrogens is 2. The second-order valence-electron chi connectivity index (χ2n) is 5.13. The van der Waals surface area contributed by atoms with Gasteiger partial charge in [-0.05, 0) is 23.8 Å². The molecule has 3 N–H and O–H groups in total. The minimum Gasteiger partial charge on any atom is -0.396 e. The van der Waals surface area contributed by atoms with Crippen molar-refractivity contribution in [1.82, 2.24) is 15.3 Å². The molecule has 0 saturated carbocycles. The molecule has 0 bridgehead atoms. The van der Waals surface area contributed by atoms with Gasteiger partial charge in [0.15, 0.2) is 5.69 Å². The van der Waals surface area contributed by atoms with Crippen molar-refractivity contribution in [2.24, 2.45) is 5.92 Å². The van der Waals surface area contributed by atoms with E-state index in [0.29, 0.717) is 29.7 Å². The largest absolute Gasteiger partial charge is 0.396 e. The van der Waals surface area contributed by atoms with Crippen molar-refractivity contribution in [2.45, 2.75) is 26.2 Å². The molecule has 1 saturated heterocycles. The normalized spacial score (nSPS) is 18.8. The number of hydrogen-bond donors (Lipinski definition) is 2. The lowest BCUT2D eigenvalue weighted by molar-refractivity contribution is 0.0944. The lowest BCUT2D eigenvalue weighted by atomic mass is 10.1. The summed E-state index contributed by atoms with van der Waals surface area (Å²) in [7, 11) is 0. The van der Waals surface area contributed by atoms with Gasteiger partial charge in [-0.25, -0.2) is 9.97 Å². The third-order valence-corrected chi connectivity index (χ3v) is 4.37. The van der Waals surface area contributed by atoms with Gasteiger partial charge in [0, 0.05) is 12.5 Å². The highest BCUT2D eigenvalue weighted by atomic mass is 32.2. The molecule has 0 aromatic carbocycles. The molecule has 1 unspecified atom stereocenters. The van der Waals surface area contributed by atoms with Crippen LogP contribution < -0.4 is 11.1 Å². The van der Waals surface area contributed by atoms with Gasteiger partial charge in [-0.1, -0.05) is 13.8 Å². The number of carbonyl (C=O) groups excluding carboxylic acids is 1. The topological polar surface area (TPSA) is 80.9 Å². The molecule has 1 fully saturated rings. The van der Waals surface area contributed by atoms with Gasteiger partial charge in [-0.3, -0.25) is 4.79 Å². The van der Waals surface area contributed by atoms with E-state index in [9.17, 15) is 4.79 Å². The summed E-state index contributed by atoms with van der Waals surface area (Å²) >= 11 is 1.94. The van der Waals surface area contributed by atoms with Gasteiger partial charge in [0.05, 0.1) is 11.9 Å². The smallest absolute Gasteiger partial charge is 0.272 e.